The maximum absolute atomic E-state index is 11.5. The normalized spacial score (nSPS) is 13.9. The van der Waals surface area contributed by atoms with Gasteiger partial charge < -0.3 is 4.74 Å². The molecule has 0 heterocycles. The van der Waals surface area contributed by atoms with Crippen LogP contribution >= 0.6 is 23.2 Å². The van der Waals surface area contributed by atoms with Crippen molar-refractivity contribution in [3.8, 4) is 0 Å². The van der Waals surface area contributed by atoms with Gasteiger partial charge in [-0.15, -0.1) is 0 Å². The van der Waals surface area contributed by atoms with E-state index in [9.17, 15) is 4.79 Å². The molecule has 3 nitrogen and oxygen atoms in total. The average Bonchev–Trinajstić information content (AvgIpc) is 2.25. The molecule has 0 atom stereocenters. The van der Waals surface area contributed by atoms with Crippen molar-refractivity contribution >= 4 is 34.3 Å². The number of halogens is 2. The Balaban J connectivity index is 5.01. The summed E-state index contributed by atoms with van der Waals surface area (Å²) in [6.45, 7) is 3.94. The molecule has 90 valence electrons. The highest BCUT2D eigenvalue weighted by Crippen LogP contribution is 2.18. The molecule has 0 unspecified atom stereocenters. The lowest BCUT2D eigenvalue weighted by Gasteiger charge is -2.05. The lowest BCUT2D eigenvalue weighted by atomic mass is 10.2. The van der Waals surface area contributed by atoms with Gasteiger partial charge in [0.25, 0.3) is 0 Å². The van der Waals surface area contributed by atoms with Gasteiger partial charge in [0.2, 0.25) is 0 Å². The summed E-state index contributed by atoms with van der Waals surface area (Å²) < 4.78 is 4.88. The zero-order chi connectivity index (χ0) is 12.6. The lowest BCUT2D eigenvalue weighted by molar-refractivity contribution is -0.138. The minimum absolute atomic E-state index is 0.232. The maximum Gasteiger partial charge on any atom is 0.339 e. The molecule has 0 aliphatic carbocycles. The molecule has 0 aliphatic heterocycles. The van der Waals surface area contributed by atoms with Gasteiger partial charge in [0.1, 0.15) is 5.17 Å². The van der Waals surface area contributed by atoms with Gasteiger partial charge in [0.15, 0.2) is 0 Å². The van der Waals surface area contributed by atoms with Crippen molar-refractivity contribution in [1.29, 1.82) is 0 Å². The summed E-state index contributed by atoms with van der Waals surface area (Å²) in [4.78, 5) is 15.3. The van der Waals surface area contributed by atoms with E-state index in [-0.39, 0.29) is 10.2 Å². The zero-order valence-corrected chi connectivity index (χ0v) is 11.1. The minimum atomic E-state index is -0.453. The Hall–Kier alpha value is -0.800. The third kappa shape index (κ3) is 5.33. The van der Waals surface area contributed by atoms with Crippen LogP contribution in [0.2, 0.25) is 0 Å². The van der Waals surface area contributed by atoms with Crippen LogP contribution in [0, 0.1) is 0 Å². The highest BCUT2D eigenvalue weighted by molar-refractivity contribution is 6.69. The first kappa shape index (κ1) is 15.2. The average molecular weight is 264 g/mol. The second-order valence-electron chi connectivity index (χ2n) is 2.79. The maximum atomic E-state index is 11.5. The molecule has 0 aromatic heterocycles. The van der Waals surface area contributed by atoms with E-state index in [0.717, 1.165) is 0 Å². The van der Waals surface area contributed by atoms with Gasteiger partial charge in [-0.25, -0.2) is 4.79 Å². The van der Waals surface area contributed by atoms with Gasteiger partial charge in [-0.1, -0.05) is 36.2 Å². The Kier molecular flexibility index (Phi) is 7.95. The first-order chi connectivity index (χ1) is 7.56. The molecule has 0 saturated carbocycles. The summed E-state index contributed by atoms with van der Waals surface area (Å²) in [6, 6.07) is 0. The fourth-order valence-corrected chi connectivity index (χ4v) is 1.36. The van der Waals surface area contributed by atoms with Crippen molar-refractivity contribution in [1.82, 2.24) is 0 Å². The van der Waals surface area contributed by atoms with Crippen LogP contribution in [0.5, 0.6) is 0 Å². The van der Waals surface area contributed by atoms with Crippen LogP contribution in [0.25, 0.3) is 0 Å². The van der Waals surface area contributed by atoms with Gasteiger partial charge in [-0.2, -0.15) is 0 Å². The second kappa shape index (κ2) is 8.36. The third-order valence-corrected chi connectivity index (χ3v) is 2.21. The number of hydrogen-bond acceptors (Lipinski definition) is 3. The van der Waals surface area contributed by atoms with Crippen molar-refractivity contribution < 1.29 is 9.53 Å². The summed E-state index contributed by atoms with van der Waals surface area (Å²) in [6.07, 6.45) is 3.79. The molecule has 0 radical (unpaired) electrons. The Labute approximate surface area is 106 Å². The van der Waals surface area contributed by atoms with Crippen molar-refractivity contribution in [3.63, 3.8) is 0 Å². The number of esters is 1. The molecule has 0 aliphatic rings. The molecular weight excluding hydrogens is 249 g/mol. The molecule has 0 amide bonds. The molecule has 0 aromatic rings. The highest BCUT2D eigenvalue weighted by Gasteiger charge is 2.13. The van der Waals surface area contributed by atoms with Gasteiger partial charge >= 0.3 is 5.97 Å². The van der Waals surface area contributed by atoms with Crippen LogP contribution in [-0.4, -0.2) is 24.8 Å². The van der Waals surface area contributed by atoms with Crippen LogP contribution in [0.1, 0.15) is 20.3 Å². The molecule has 0 aromatic carbocycles. The van der Waals surface area contributed by atoms with Gasteiger partial charge in [0.05, 0.1) is 17.2 Å². The lowest BCUT2D eigenvalue weighted by Crippen LogP contribution is -2.08. The van der Waals surface area contributed by atoms with Crippen LogP contribution in [-0.2, 0) is 9.53 Å². The van der Waals surface area contributed by atoms with E-state index in [1.807, 2.05) is 6.92 Å². The molecule has 5 heteroatoms. The molecule has 16 heavy (non-hydrogen) atoms. The first-order valence-electron chi connectivity index (χ1n) is 4.93. The number of hydrogen-bond donors (Lipinski definition) is 0. The molecule has 0 rings (SSSR count). The molecule has 0 bridgehead atoms. The largest absolute Gasteiger partial charge is 0.462 e. The summed E-state index contributed by atoms with van der Waals surface area (Å²) in [5.41, 5.74) is 0.313. The number of carbonyl (C=O) groups is 1. The smallest absolute Gasteiger partial charge is 0.339 e. The van der Waals surface area contributed by atoms with Gasteiger partial charge in [-0.3, -0.25) is 4.99 Å². The Morgan fingerprint density at radius 2 is 2.00 bits per heavy atom. The predicted molar refractivity (Wildman–Crippen MR) is 68.2 cm³/mol. The van der Waals surface area contributed by atoms with E-state index in [4.69, 9.17) is 27.9 Å². The monoisotopic (exact) mass is 263 g/mol. The fraction of sp³-hybridized carbons (Fsp3) is 0.455. The minimum Gasteiger partial charge on any atom is -0.462 e. The van der Waals surface area contributed by atoms with Gasteiger partial charge in [-0.05, 0) is 19.4 Å². The van der Waals surface area contributed by atoms with Crippen LogP contribution in [0.4, 0.5) is 0 Å². The van der Waals surface area contributed by atoms with Crippen molar-refractivity contribution in [2.75, 3.05) is 13.7 Å². The fourth-order valence-electron chi connectivity index (χ4n) is 0.938. The van der Waals surface area contributed by atoms with Crippen molar-refractivity contribution in [3.05, 3.63) is 22.8 Å². The van der Waals surface area contributed by atoms with E-state index in [0.29, 0.717) is 18.6 Å². The first-order valence-corrected chi connectivity index (χ1v) is 5.69. The van der Waals surface area contributed by atoms with Crippen LogP contribution < -0.4 is 0 Å². The van der Waals surface area contributed by atoms with E-state index in [1.165, 1.54) is 13.1 Å². The summed E-state index contributed by atoms with van der Waals surface area (Å²) in [7, 11) is 1.54. The quantitative estimate of drug-likeness (QED) is 0.331. The summed E-state index contributed by atoms with van der Waals surface area (Å²) in [5.74, 6) is -0.453. The highest BCUT2D eigenvalue weighted by atomic mass is 35.5. The standard InChI is InChI=1S/C11H15Cl2NO2/c1-4-6-8(11(15)16-5-2)9(12)7-10(13)14-3/h6-7H,4-5H2,1-3H3/b8-6-,9-7+,14-10?. The van der Waals surface area contributed by atoms with E-state index >= 15 is 0 Å². The van der Waals surface area contributed by atoms with E-state index < -0.39 is 5.97 Å². The molecular formula is C11H15Cl2NO2. The second-order valence-corrected chi connectivity index (χ2v) is 3.58. The van der Waals surface area contributed by atoms with Crippen molar-refractivity contribution in [2.45, 2.75) is 20.3 Å². The number of ether oxygens (including phenoxy) is 1. The topological polar surface area (TPSA) is 38.7 Å². The van der Waals surface area contributed by atoms with Crippen LogP contribution in [0.15, 0.2) is 27.7 Å². The molecule has 0 spiro atoms. The number of allylic oxidation sites excluding steroid dienone is 2. The number of rotatable bonds is 5. The van der Waals surface area contributed by atoms with Gasteiger partial charge in [0, 0.05) is 7.05 Å². The molecule has 0 saturated heterocycles. The third-order valence-electron chi connectivity index (χ3n) is 1.62. The summed E-state index contributed by atoms with van der Waals surface area (Å²) >= 11 is 11.7. The number of carbonyl (C=O) groups excluding carboxylic acids is 1. The van der Waals surface area contributed by atoms with E-state index in [1.54, 1.807) is 13.0 Å². The Morgan fingerprint density at radius 1 is 1.38 bits per heavy atom. The van der Waals surface area contributed by atoms with E-state index in [2.05, 4.69) is 4.99 Å². The number of nitrogens with zero attached hydrogens (tertiary/aromatic N) is 1. The Morgan fingerprint density at radius 3 is 2.44 bits per heavy atom. The Bertz CT molecular complexity index is 333. The predicted octanol–water partition coefficient (Wildman–Crippen LogP) is 3.28. The zero-order valence-electron chi connectivity index (χ0n) is 9.59. The SMILES string of the molecule is CC/C=C(C(=O)OCC)/C(Cl)=C\C(Cl)=NC. The van der Waals surface area contributed by atoms with Crippen molar-refractivity contribution in [2.24, 2.45) is 4.99 Å². The summed E-state index contributed by atoms with van der Waals surface area (Å²) in [5, 5.41) is 0.465. The molecule has 0 fully saturated rings. The van der Waals surface area contributed by atoms with Crippen LogP contribution in [0.3, 0.4) is 0 Å². The molecule has 0 N–H and O–H groups in total. The number of aliphatic imine (C=N–C) groups is 1.